The molecule has 130 valence electrons. The molecule has 0 bridgehead atoms. The maximum absolute atomic E-state index is 12.1. The summed E-state index contributed by atoms with van der Waals surface area (Å²) in [6.07, 6.45) is -0.840. The second kappa shape index (κ2) is 7.57. The molecule has 0 spiro atoms. The molecule has 2 aromatic rings. The van der Waals surface area contributed by atoms with Crippen molar-refractivity contribution in [3.63, 3.8) is 0 Å². The van der Waals surface area contributed by atoms with Gasteiger partial charge in [0, 0.05) is 0 Å². The maximum Gasteiger partial charge on any atom is 0.283 e. The minimum Gasteiger partial charge on any atom is -0.485 e. The van der Waals surface area contributed by atoms with E-state index in [4.69, 9.17) is 14.2 Å². The molecule has 2 N–H and O–H groups in total. The van der Waals surface area contributed by atoms with E-state index in [1.165, 1.54) is 0 Å². The first-order valence-corrected chi connectivity index (χ1v) is 7.78. The van der Waals surface area contributed by atoms with Gasteiger partial charge >= 0.3 is 0 Å². The van der Waals surface area contributed by atoms with Gasteiger partial charge in [-0.25, -0.2) is 0 Å². The first-order chi connectivity index (χ1) is 12.1. The van der Waals surface area contributed by atoms with Crippen molar-refractivity contribution in [3.05, 3.63) is 54.1 Å². The lowest BCUT2D eigenvalue weighted by atomic mass is 10.2. The van der Waals surface area contributed by atoms with E-state index in [1.807, 2.05) is 25.1 Å². The van der Waals surface area contributed by atoms with Gasteiger partial charge in [-0.05, 0) is 31.2 Å². The molecule has 2 aromatic carbocycles. The van der Waals surface area contributed by atoms with Crippen LogP contribution in [0.15, 0.2) is 48.5 Å². The van der Waals surface area contributed by atoms with E-state index in [9.17, 15) is 9.59 Å². The number of hydrogen-bond donors (Lipinski definition) is 2. The second-order valence-corrected chi connectivity index (χ2v) is 5.50. The number of rotatable bonds is 4. The number of fused-ring (bicyclic) bond motifs is 1. The number of aryl methyl sites for hydroxylation is 1. The molecule has 1 atom stereocenters. The predicted octanol–water partition coefficient (Wildman–Crippen LogP) is 1.36. The Kier molecular flexibility index (Phi) is 5.03. The Balaban J connectivity index is 1.43. The van der Waals surface area contributed by atoms with Crippen molar-refractivity contribution >= 4 is 11.8 Å². The molecule has 1 aliphatic rings. The van der Waals surface area contributed by atoms with E-state index >= 15 is 0 Å². The van der Waals surface area contributed by atoms with Gasteiger partial charge in [-0.2, -0.15) is 0 Å². The maximum atomic E-state index is 12.1. The average Bonchev–Trinajstić information content (AvgIpc) is 2.65. The normalized spacial score (nSPS) is 15.2. The van der Waals surface area contributed by atoms with Crippen molar-refractivity contribution in [2.75, 3.05) is 13.2 Å². The van der Waals surface area contributed by atoms with Crippen LogP contribution in [-0.4, -0.2) is 31.1 Å². The van der Waals surface area contributed by atoms with Crippen LogP contribution >= 0.6 is 0 Å². The number of hydrazine groups is 1. The first kappa shape index (κ1) is 16.6. The smallest absolute Gasteiger partial charge is 0.283 e. The summed E-state index contributed by atoms with van der Waals surface area (Å²) >= 11 is 0. The summed E-state index contributed by atoms with van der Waals surface area (Å²) in [5, 5.41) is 0. The summed E-state index contributed by atoms with van der Waals surface area (Å²) in [5.41, 5.74) is 5.69. The van der Waals surface area contributed by atoms with E-state index in [-0.39, 0.29) is 13.2 Å². The van der Waals surface area contributed by atoms with E-state index in [1.54, 1.807) is 30.3 Å². The summed E-state index contributed by atoms with van der Waals surface area (Å²) < 4.78 is 16.3. The molecule has 2 amide bonds. The summed E-state index contributed by atoms with van der Waals surface area (Å²) in [6, 6.07) is 14.4. The fraction of sp³-hybridized carbons (Fsp3) is 0.222. The highest BCUT2D eigenvalue weighted by Gasteiger charge is 2.27. The van der Waals surface area contributed by atoms with Crippen LogP contribution < -0.4 is 25.1 Å². The molecule has 7 nitrogen and oxygen atoms in total. The van der Waals surface area contributed by atoms with Gasteiger partial charge in [0.05, 0.1) is 0 Å². The third-order valence-electron chi connectivity index (χ3n) is 3.52. The minimum atomic E-state index is -0.840. The Labute approximate surface area is 144 Å². The van der Waals surface area contributed by atoms with Crippen LogP contribution in [0.25, 0.3) is 0 Å². The quantitative estimate of drug-likeness (QED) is 0.820. The highest BCUT2D eigenvalue weighted by atomic mass is 16.6. The first-order valence-electron chi connectivity index (χ1n) is 7.78. The number of ether oxygens (including phenoxy) is 3. The Bertz CT molecular complexity index is 760. The third-order valence-corrected chi connectivity index (χ3v) is 3.52. The van der Waals surface area contributed by atoms with E-state index in [0.29, 0.717) is 17.2 Å². The van der Waals surface area contributed by atoms with Crippen molar-refractivity contribution in [1.82, 2.24) is 10.9 Å². The van der Waals surface area contributed by atoms with Crippen molar-refractivity contribution in [1.29, 1.82) is 0 Å². The van der Waals surface area contributed by atoms with Crippen LogP contribution in [0.4, 0.5) is 0 Å². The fourth-order valence-corrected chi connectivity index (χ4v) is 2.18. The zero-order chi connectivity index (χ0) is 17.6. The molecule has 1 aliphatic heterocycles. The predicted molar refractivity (Wildman–Crippen MR) is 89.3 cm³/mol. The molecule has 7 heteroatoms. The Morgan fingerprint density at radius 1 is 1.08 bits per heavy atom. The standard InChI is InChI=1S/C18H18N2O5/c1-12-6-8-13(9-7-12)23-11-17(21)19-20-18(22)16-10-24-14-4-2-3-5-15(14)25-16/h2-9,16H,10-11H2,1H3,(H,19,21)(H,20,22)/t16-/m1/s1. The number of nitrogens with one attached hydrogen (secondary N) is 2. The number of carbonyl (C=O) groups is 2. The Hall–Kier alpha value is -3.22. The molecule has 25 heavy (non-hydrogen) atoms. The zero-order valence-corrected chi connectivity index (χ0v) is 13.7. The molecule has 0 saturated carbocycles. The SMILES string of the molecule is Cc1ccc(OCC(=O)NNC(=O)[C@H]2COc3ccccc3O2)cc1. The fourth-order valence-electron chi connectivity index (χ4n) is 2.18. The molecule has 0 aromatic heterocycles. The second-order valence-electron chi connectivity index (χ2n) is 5.50. The van der Waals surface area contributed by atoms with E-state index < -0.39 is 17.9 Å². The van der Waals surface area contributed by atoms with Crippen LogP contribution in [0.1, 0.15) is 5.56 Å². The molecule has 0 radical (unpaired) electrons. The molecule has 1 heterocycles. The number of hydrogen-bond acceptors (Lipinski definition) is 5. The number of amides is 2. The summed E-state index contributed by atoms with van der Waals surface area (Å²) in [5.74, 6) is 0.668. The minimum absolute atomic E-state index is 0.0680. The van der Waals surface area contributed by atoms with Gasteiger partial charge in [0.15, 0.2) is 18.1 Å². The number of carbonyl (C=O) groups excluding carboxylic acids is 2. The molecule has 0 fully saturated rings. The van der Waals surface area contributed by atoms with E-state index in [2.05, 4.69) is 10.9 Å². The molecular weight excluding hydrogens is 324 g/mol. The van der Waals surface area contributed by atoms with Gasteiger partial charge < -0.3 is 14.2 Å². The highest BCUT2D eigenvalue weighted by Crippen LogP contribution is 2.30. The summed E-state index contributed by atoms with van der Waals surface area (Å²) in [4.78, 5) is 23.8. The van der Waals surface area contributed by atoms with Gasteiger partial charge in [-0.15, -0.1) is 0 Å². The average molecular weight is 342 g/mol. The van der Waals surface area contributed by atoms with Gasteiger partial charge in [-0.1, -0.05) is 29.8 Å². The molecule has 0 unspecified atom stereocenters. The number of benzene rings is 2. The van der Waals surface area contributed by atoms with E-state index in [0.717, 1.165) is 5.56 Å². The van der Waals surface area contributed by atoms with Crippen LogP contribution in [0.2, 0.25) is 0 Å². The van der Waals surface area contributed by atoms with Gasteiger partial charge in [0.1, 0.15) is 12.4 Å². The summed E-state index contributed by atoms with van der Waals surface area (Å²) in [6.45, 7) is 1.81. The topological polar surface area (TPSA) is 85.9 Å². The van der Waals surface area contributed by atoms with Crippen molar-refractivity contribution in [2.24, 2.45) is 0 Å². The van der Waals surface area contributed by atoms with Crippen molar-refractivity contribution in [3.8, 4) is 17.2 Å². The molecule has 3 rings (SSSR count). The Morgan fingerprint density at radius 3 is 2.56 bits per heavy atom. The molecule has 0 aliphatic carbocycles. The van der Waals surface area contributed by atoms with Crippen LogP contribution in [0.5, 0.6) is 17.2 Å². The lowest BCUT2D eigenvalue weighted by molar-refractivity contribution is -0.135. The van der Waals surface area contributed by atoms with Gasteiger partial charge in [-0.3, -0.25) is 20.4 Å². The summed E-state index contributed by atoms with van der Waals surface area (Å²) in [7, 11) is 0. The van der Waals surface area contributed by atoms with Crippen molar-refractivity contribution in [2.45, 2.75) is 13.0 Å². The third kappa shape index (κ3) is 4.41. The number of para-hydroxylation sites is 2. The van der Waals surface area contributed by atoms with Crippen LogP contribution in [0.3, 0.4) is 0 Å². The largest absolute Gasteiger partial charge is 0.485 e. The molecular formula is C18H18N2O5. The monoisotopic (exact) mass is 342 g/mol. The van der Waals surface area contributed by atoms with Gasteiger partial charge in [0.2, 0.25) is 6.10 Å². The lowest BCUT2D eigenvalue weighted by Crippen LogP contribution is -2.51. The van der Waals surface area contributed by atoms with Crippen LogP contribution in [0, 0.1) is 6.92 Å². The van der Waals surface area contributed by atoms with Crippen molar-refractivity contribution < 1.29 is 23.8 Å². The zero-order valence-electron chi connectivity index (χ0n) is 13.7. The van der Waals surface area contributed by atoms with Crippen LogP contribution in [-0.2, 0) is 9.59 Å². The van der Waals surface area contributed by atoms with Gasteiger partial charge in [0.25, 0.3) is 11.8 Å². The highest BCUT2D eigenvalue weighted by molar-refractivity contribution is 5.85. The lowest BCUT2D eigenvalue weighted by Gasteiger charge is -2.25. The Morgan fingerprint density at radius 2 is 1.80 bits per heavy atom. The molecule has 0 saturated heterocycles.